The molecule has 0 amide bonds. The van der Waals surface area contributed by atoms with Gasteiger partial charge < -0.3 is 0 Å². The first kappa shape index (κ1) is 18.2. The fourth-order valence-electron chi connectivity index (χ4n) is 3.03. The average molecular weight is 407 g/mol. The minimum atomic E-state index is -1.77. The molecule has 1 rings (SSSR count). The predicted octanol–water partition coefficient (Wildman–Crippen LogP) is 3.34. The van der Waals surface area contributed by atoms with Crippen LogP contribution in [0.2, 0.25) is 39.3 Å². The van der Waals surface area contributed by atoms with E-state index in [0.717, 1.165) is 12.1 Å². The Kier molecular flexibility index (Phi) is 5.81. The van der Waals surface area contributed by atoms with Gasteiger partial charge in [0.1, 0.15) is 0 Å². The molecule has 6 heteroatoms. The second-order valence-electron chi connectivity index (χ2n) is 8.25. The van der Waals surface area contributed by atoms with Crippen LogP contribution >= 0.6 is 0 Å². The molecule has 113 valence electrons. The van der Waals surface area contributed by atoms with Crippen LogP contribution in [0.3, 0.4) is 0 Å². The summed E-state index contributed by atoms with van der Waals surface area (Å²) in [7, 11) is -2.46. The summed E-state index contributed by atoms with van der Waals surface area (Å²) in [5, 5.41) is 0. The van der Waals surface area contributed by atoms with E-state index in [9.17, 15) is 0 Å². The Morgan fingerprint density at radius 2 is 1.11 bits per heavy atom. The topological polar surface area (TPSA) is 9.72 Å². The second kappa shape index (κ2) is 6.08. The monoisotopic (exact) mass is 408 g/mol. The van der Waals surface area contributed by atoms with Gasteiger partial charge in [-0.3, -0.25) is 0 Å². The van der Waals surface area contributed by atoms with E-state index >= 15 is 0 Å². The zero-order valence-corrected chi connectivity index (χ0v) is 19.6. The maximum absolute atomic E-state index is 3.13. The van der Waals surface area contributed by atoms with E-state index in [2.05, 4.69) is 75.7 Å². The Morgan fingerprint density at radius 1 is 0.789 bits per heavy atom. The summed E-state index contributed by atoms with van der Waals surface area (Å²) in [6, 6.07) is 1.44. The molecular formula is C13H34N3Si2Sn. The zero-order chi connectivity index (χ0) is 15.2. The molecule has 3 nitrogen and oxygen atoms in total. The maximum atomic E-state index is 3.13. The minimum absolute atomic E-state index is 0.722. The molecule has 0 aromatic rings. The van der Waals surface area contributed by atoms with Crippen LogP contribution in [-0.2, 0) is 0 Å². The first-order valence-electron chi connectivity index (χ1n) is 7.58. The van der Waals surface area contributed by atoms with Gasteiger partial charge in [-0.15, -0.1) is 0 Å². The number of rotatable bonds is 5. The van der Waals surface area contributed by atoms with Crippen molar-refractivity contribution < 1.29 is 0 Å². The normalized spacial score (nSPS) is 20.7. The van der Waals surface area contributed by atoms with Crippen LogP contribution in [0.5, 0.6) is 0 Å². The van der Waals surface area contributed by atoms with Crippen LogP contribution in [0, 0.1) is 0 Å². The van der Waals surface area contributed by atoms with E-state index in [0.29, 0.717) is 0 Å². The second-order valence-corrected chi connectivity index (χ2v) is 27.1. The summed E-state index contributed by atoms with van der Waals surface area (Å²) in [5.41, 5.74) is 0. The van der Waals surface area contributed by atoms with E-state index in [4.69, 9.17) is 0 Å². The van der Waals surface area contributed by atoms with Crippen molar-refractivity contribution in [3.63, 3.8) is 0 Å². The fraction of sp³-hybridized carbons (Fsp3) is 1.00. The molecule has 1 fully saturated rings. The summed E-state index contributed by atoms with van der Waals surface area (Å²) in [4.78, 5) is 0. The number of nitrogens with zero attached hydrogens (tertiary/aromatic N) is 3. The summed E-state index contributed by atoms with van der Waals surface area (Å²) < 4.78 is 8.85. The molecule has 19 heavy (non-hydrogen) atoms. The van der Waals surface area contributed by atoms with Gasteiger partial charge in [-0.1, -0.05) is 0 Å². The van der Waals surface area contributed by atoms with Gasteiger partial charge in [-0.05, 0) is 0 Å². The van der Waals surface area contributed by atoms with Gasteiger partial charge in [0.05, 0.1) is 0 Å². The SMILES string of the molecule is CC(C)[N]1C[N](C(C)C)[Sn]1[N]([Si](C)(C)C)[Si](C)(C)C. The zero-order valence-electron chi connectivity index (χ0n) is 14.7. The molecule has 1 heterocycles. The molecule has 0 aromatic heterocycles. The van der Waals surface area contributed by atoms with Gasteiger partial charge in [-0.2, -0.15) is 0 Å². The standard InChI is InChI=1S/C7H16N2.C6H18NSi2.Sn/c1-6(2)8-5-9-7(3)4;1-8(2,3)7-9(4,5)6;/h6-7H,5H2,1-4H3;1-6H3;/q-2;-1;+3. The van der Waals surface area contributed by atoms with E-state index in [1.165, 1.54) is 6.67 Å². The fourth-order valence-corrected chi connectivity index (χ4v) is 32.0. The van der Waals surface area contributed by atoms with Gasteiger partial charge in [-0.25, -0.2) is 0 Å². The number of hydrogen-bond donors (Lipinski definition) is 0. The van der Waals surface area contributed by atoms with Crippen LogP contribution < -0.4 is 0 Å². The van der Waals surface area contributed by atoms with Crippen molar-refractivity contribution in [1.82, 2.24) is 8.70 Å². The van der Waals surface area contributed by atoms with Crippen molar-refractivity contribution in [2.45, 2.75) is 79.1 Å². The van der Waals surface area contributed by atoms with Gasteiger partial charge in [0.2, 0.25) is 0 Å². The van der Waals surface area contributed by atoms with Crippen molar-refractivity contribution >= 4 is 37.1 Å². The Labute approximate surface area is 131 Å². The molecule has 1 saturated heterocycles. The van der Waals surface area contributed by atoms with Crippen molar-refractivity contribution in [2.24, 2.45) is 0 Å². The molecule has 0 spiro atoms. The molecule has 0 unspecified atom stereocenters. The number of hydrogen-bond acceptors (Lipinski definition) is 3. The van der Waals surface area contributed by atoms with Gasteiger partial charge in [0.15, 0.2) is 0 Å². The Bertz CT molecular complexity index is 282. The summed E-state index contributed by atoms with van der Waals surface area (Å²) in [6.07, 6.45) is 0. The molecular weight excluding hydrogens is 373 g/mol. The van der Waals surface area contributed by atoms with Gasteiger partial charge >= 0.3 is 131 Å². The van der Waals surface area contributed by atoms with Crippen LogP contribution in [0.15, 0.2) is 0 Å². The van der Waals surface area contributed by atoms with E-state index in [1.54, 1.807) is 0 Å². The van der Waals surface area contributed by atoms with Crippen molar-refractivity contribution in [3.05, 3.63) is 0 Å². The Morgan fingerprint density at radius 3 is 1.32 bits per heavy atom. The third-order valence-electron chi connectivity index (χ3n) is 3.61. The molecule has 0 aliphatic carbocycles. The van der Waals surface area contributed by atoms with Crippen LogP contribution in [0.25, 0.3) is 0 Å². The van der Waals surface area contributed by atoms with E-state index in [-0.39, 0.29) is 0 Å². The molecule has 0 N–H and O–H groups in total. The van der Waals surface area contributed by atoms with E-state index < -0.39 is 37.1 Å². The summed E-state index contributed by atoms with van der Waals surface area (Å²) in [5.74, 6) is 0. The van der Waals surface area contributed by atoms with E-state index in [1.807, 2.05) is 0 Å². The first-order chi connectivity index (χ1) is 8.37. The van der Waals surface area contributed by atoms with Gasteiger partial charge in [0.25, 0.3) is 0 Å². The van der Waals surface area contributed by atoms with Crippen molar-refractivity contribution in [2.75, 3.05) is 6.67 Å². The average Bonchev–Trinajstić information content (AvgIpc) is 2.06. The third kappa shape index (κ3) is 4.06. The molecule has 0 atom stereocenters. The molecule has 1 radical (unpaired) electrons. The Hall–Kier alpha value is 1.11. The van der Waals surface area contributed by atoms with Crippen molar-refractivity contribution in [3.8, 4) is 0 Å². The van der Waals surface area contributed by atoms with Crippen molar-refractivity contribution in [1.29, 1.82) is 0 Å². The van der Waals surface area contributed by atoms with Crippen LogP contribution in [0.1, 0.15) is 27.7 Å². The summed E-state index contributed by atoms with van der Waals surface area (Å²) in [6.45, 7) is 26.0. The van der Waals surface area contributed by atoms with Crippen LogP contribution in [-0.4, -0.2) is 64.5 Å². The van der Waals surface area contributed by atoms with Gasteiger partial charge in [0, 0.05) is 0 Å². The quantitative estimate of drug-likeness (QED) is 0.648. The first-order valence-corrected chi connectivity index (χ1v) is 18.3. The predicted molar refractivity (Wildman–Crippen MR) is 93.1 cm³/mol. The molecule has 1 aliphatic rings. The molecule has 1 aliphatic heterocycles. The van der Waals surface area contributed by atoms with Crippen LogP contribution in [0.4, 0.5) is 0 Å². The Balaban J connectivity index is 3.10. The molecule has 0 saturated carbocycles. The molecule has 0 bridgehead atoms. The molecule has 0 aromatic carbocycles. The third-order valence-corrected chi connectivity index (χ3v) is 32.3. The summed E-state index contributed by atoms with van der Waals surface area (Å²) >= 11 is -1.77.